The Balaban J connectivity index is 2.22. The van der Waals surface area contributed by atoms with Crippen LogP contribution in [0.5, 0.6) is 0 Å². The quantitative estimate of drug-likeness (QED) is 0.738. The lowest BCUT2D eigenvalue weighted by molar-refractivity contribution is -0.136. The van der Waals surface area contributed by atoms with E-state index in [0.717, 1.165) is 39.0 Å². The lowest BCUT2D eigenvalue weighted by Gasteiger charge is -2.32. The number of likely N-dealkylation sites (tertiary alicyclic amines) is 1. The Morgan fingerprint density at radius 1 is 1.62 bits per heavy atom. The number of nitrogens with one attached hydrogen (secondary N) is 1. The first-order valence-corrected chi connectivity index (χ1v) is 5.94. The third kappa shape index (κ3) is 5.49. The number of halogens is 1. The van der Waals surface area contributed by atoms with E-state index in [1.807, 2.05) is 0 Å². The van der Waals surface area contributed by atoms with Gasteiger partial charge in [-0.05, 0) is 31.8 Å². The molecule has 1 aliphatic heterocycles. The second kappa shape index (κ2) is 6.89. The highest BCUT2D eigenvalue weighted by Crippen LogP contribution is 2.17. The minimum atomic E-state index is -0.804. The summed E-state index contributed by atoms with van der Waals surface area (Å²) in [4.78, 5) is 12.6. The molecular formula is C11H19ClN2O2. The van der Waals surface area contributed by atoms with Gasteiger partial charge in [0.1, 0.15) is 0 Å². The second-order valence-corrected chi connectivity index (χ2v) is 4.82. The lowest BCUT2D eigenvalue weighted by Crippen LogP contribution is -2.40. The first-order chi connectivity index (χ1) is 7.58. The summed E-state index contributed by atoms with van der Waals surface area (Å²) in [5.41, 5.74) is 0. The molecule has 0 saturated carbocycles. The van der Waals surface area contributed by atoms with Crippen molar-refractivity contribution in [2.45, 2.75) is 12.8 Å². The maximum Gasteiger partial charge on any atom is 0.317 e. The Hall–Kier alpha value is -0.580. The monoisotopic (exact) mass is 246 g/mol. The topological polar surface area (TPSA) is 52.6 Å². The van der Waals surface area contributed by atoms with Gasteiger partial charge in [0.2, 0.25) is 0 Å². The zero-order valence-electron chi connectivity index (χ0n) is 9.41. The summed E-state index contributed by atoms with van der Waals surface area (Å²) in [7, 11) is 0. The zero-order valence-corrected chi connectivity index (χ0v) is 10.2. The Morgan fingerprint density at radius 3 is 3.00 bits per heavy atom. The van der Waals surface area contributed by atoms with Crippen molar-refractivity contribution >= 4 is 17.6 Å². The third-order valence-electron chi connectivity index (χ3n) is 2.71. The number of carboxylic acid groups (broad SMARTS) is 1. The van der Waals surface area contributed by atoms with Crippen LogP contribution in [0.1, 0.15) is 12.8 Å². The molecule has 1 fully saturated rings. The van der Waals surface area contributed by atoms with Crippen LogP contribution in [0.3, 0.4) is 0 Å². The molecule has 0 amide bonds. The highest BCUT2D eigenvalue weighted by molar-refractivity contribution is 6.29. The highest BCUT2D eigenvalue weighted by Gasteiger charge is 2.19. The molecule has 0 spiro atoms. The van der Waals surface area contributed by atoms with Crippen molar-refractivity contribution in [3.63, 3.8) is 0 Å². The number of aliphatic carboxylic acids is 1. The van der Waals surface area contributed by atoms with Crippen LogP contribution in [0, 0.1) is 5.92 Å². The Labute approximate surface area is 101 Å². The summed E-state index contributed by atoms with van der Waals surface area (Å²) in [6.45, 7) is 7.25. The summed E-state index contributed by atoms with van der Waals surface area (Å²) in [6.07, 6.45) is 2.29. The van der Waals surface area contributed by atoms with Crippen LogP contribution in [0.4, 0.5) is 0 Å². The number of hydrogen-bond acceptors (Lipinski definition) is 3. The maximum absolute atomic E-state index is 10.3. The van der Waals surface area contributed by atoms with Crippen molar-refractivity contribution in [3.05, 3.63) is 11.6 Å². The Morgan fingerprint density at radius 2 is 2.38 bits per heavy atom. The molecule has 0 aromatic rings. The molecule has 0 aliphatic carbocycles. The van der Waals surface area contributed by atoms with Gasteiger partial charge in [-0.25, -0.2) is 0 Å². The summed E-state index contributed by atoms with van der Waals surface area (Å²) in [6, 6.07) is 0. The number of hydrogen-bond donors (Lipinski definition) is 2. The molecule has 1 heterocycles. The fourth-order valence-electron chi connectivity index (χ4n) is 2.09. The van der Waals surface area contributed by atoms with Crippen molar-refractivity contribution in [3.8, 4) is 0 Å². The fraction of sp³-hybridized carbons (Fsp3) is 0.727. The first-order valence-electron chi connectivity index (χ1n) is 5.56. The predicted octanol–water partition coefficient (Wildman–Crippen LogP) is 1.13. The fourth-order valence-corrected chi connectivity index (χ4v) is 2.26. The Bertz CT molecular complexity index is 258. The average Bonchev–Trinajstić information content (AvgIpc) is 2.16. The van der Waals surface area contributed by atoms with E-state index in [9.17, 15) is 4.79 Å². The van der Waals surface area contributed by atoms with Crippen LogP contribution in [-0.4, -0.2) is 48.7 Å². The molecule has 92 valence electrons. The van der Waals surface area contributed by atoms with Crippen LogP contribution in [0.25, 0.3) is 0 Å². The van der Waals surface area contributed by atoms with E-state index in [1.54, 1.807) is 0 Å². The molecule has 1 atom stereocenters. The summed E-state index contributed by atoms with van der Waals surface area (Å²) >= 11 is 5.78. The van der Waals surface area contributed by atoms with Crippen molar-refractivity contribution in [2.24, 2.45) is 5.92 Å². The van der Waals surface area contributed by atoms with Crippen LogP contribution in [-0.2, 0) is 4.79 Å². The van der Waals surface area contributed by atoms with Gasteiger partial charge in [-0.3, -0.25) is 9.69 Å². The van der Waals surface area contributed by atoms with E-state index in [4.69, 9.17) is 16.7 Å². The van der Waals surface area contributed by atoms with Gasteiger partial charge >= 0.3 is 5.97 Å². The SMILES string of the molecule is C=C(Cl)CN1CCCC(CNCC(=O)O)C1. The molecule has 2 N–H and O–H groups in total. The van der Waals surface area contributed by atoms with Crippen molar-refractivity contribution < 1.29 is 9.90 Å². The second-order valence-electron chi connectivity index (χ2n) is 4.29. The number of rotatable bonds is 6. The summed E-state index contributed by atoms with van der Waals surface area (Å²) < 4.78 is 0. The largest absolute Gasteiger partial charge is 0.480 e. The summed E-state index contributed by atoms with van der Waals surface area (Å²) in [5.74, 6) is -0.286. The first kappa shape index (κ1) is 13.5. The molecule has 1 rings (SSSR count). The molecule has 4 nitrogen and oxygen atoms in total. The highest BCUT2D eigenvalue weighted by atomic mass is 35.5. The molecule has 16 heavy (non-hydrogen) atoms. The minimum Gasteiger partial charge on any atom is -0.480 e. The van der Waals surface area contributed by atoms with Crippen molar-refractivity contribution in [1.29, 1.82) is 0 Å². The molecular weight excluding hydrogens is 228 g/mol. The molecule has 5 heteroatoms. The summed E-state index contributed by atoms with van der Waals surface area (Å²) in [5, 5.41) is 12.1. The number of carbonyl (C=O) groups is 1. The lowest BCUT2D eigenvalue weighted by atomic mass is 9.98. The molecule has 1 unspecified atom stereocenters. The van der Waals surface area contributed by atoms with E-state index < -0.39 is 5.97 Å². The zero-order chi connectivity index (χ0) is 12.0. The van der Waals surface area contributed by atoms with Gasteiger partial charge in [0.05, 0.1) is 6.54 Å². The van der Waals surface area contributed by atoms with Gasteiger partial charge in [0.25, 0.3) is 0 Å². The number of nitrogens with zero attached hydrogens (tertiary/aromatic N) is 1. The standard InChI is InChI=1S/C11H19ClN2O2/c1-9(12)7-14-4-2-3-10(8-14)5-13-6-11(15)16/h10,13H,1-8H2,(H,15,16). The van der Waals surface area contributed by atoms with Gasteiger partial charge in [0, 0.05) is 18.1 Å². The van der Waals surface area contributed by atoms with Gasteiger partial charge in [0.15, 0.2) is 0 Å². The normalized spacial score (nSPS) is 21.9. The molecule has 1 saturated heterocycles. The Kier molecular flexibility index (Phi) is 5.80. The van der Waals surface area contributed by atoms with Crippen molar-refractivity contribution in [1.82, 2.24) is 10.2 Å². The van der Waals surface area contributed by atoms with Crippen LogP contribution in [0.2, 0.25) is 0 Å². The predicted molar refractivity (Wildman–Crippen MR) is 64.7 cm³/mol. The van der Waals surface area contributed by atoms with Gasteiger partial charge in [-0.1, -0.05) is 18.2 Å². The van der Waals surface area contributed by atoms with E-state index in [-0.39, 0.29) is 6.54 Å². The van der Waals surface area contributed by atoms with E-state index in [2.05, 4.69) is 16.8 Å². The van der Waals surface area contributed by atoms with E-state index >= 15 is 0 Å². The van der Waals surface area contributed by atoms with Crippen LogP contribution < -0.4 is 5.32 Å². The maximum atomic E-state index is 10.3. The molecule has 0 aromatic carbocycles. The van der Waals surface area contributed by atoms with Crippen LogP contribution >= 0.6 is 11.6 Å². The molecule has 1 aliphatic rings. The van der Waals surface area contributed by atoms with Gasteiger partial charge in [-0.2, -0.15) is 0 Å². The number of carboxylic acids is 1. The number of piperidine rings is 1. The van der Waals surface area contributed by atoms with Crippen LogP contribution in [0.15, 0.2) is 11.6 Å². The van der Waals surface area contributed by atoms with E-state index in [1.165, 1.54) is 0 Å². The molecule has 0 bridgehead atoms. The molecule has 0 aromatic heterocycles. The minimum absolute atomic E-state index is 0.0404. The average molecular weight is 247 g/mol. The van der Waals surface area contributed by atoms with Gasteiger partial charge < -0.3 is 10.4 Å². The van der Waals surface area contributed by atoms with Gasteiger partial charge in [-0.15, -0.1) is 0 Å². The molecule has 0 radical (unpaired) electrons. The van der Waals surface area contributed by atoms with Crippen molar-refractivity contribution in [2.75, 3.05) is 32.7 Å². The third-order valence-corrected chi connectivity index (χ3v) is 2.83. The smallest absolute Gasteiger partial charge is 0.317 e. The van der Waals surface area contributed by atoms with E-state index in [0.29, 0.717) is 11.0 Å².